The number of carbonyl (C=O) groups is 3. The van der Waals surface area contributed by atoms with Gasteiger partial charge in [-0.15, -0.1) is 0 Å². The van der Waals surface area contributed by atoms with Gasteiger partial charge in [-0.25, -0.2) is 0 Å². The number of aromatic nitrogens is 1. The van der Waals surface area contributed by atoms with E-state index in [0.717, 1.165) is 33.1 Å². The Hall–Kier alpha value is -3.36. The molecule has 2 saturated heterocycles. The lowest BCUT2D eigenvalue weighted by atomic mass is 10.1. The fourth-order valence-corrected chi connectivity index (χ4v) is 4.96. The molecule has 3 aromatic rings. The molecule has 2 aliphatic rings. The monoisotopic (exact) mass is 461 g/mol. The summed E-state index contributed by atoms with van der Waals surface area (Å²) in [7, 11) is 0. The molecule has 3 heterocycles. The quantitative estimate of drug-likeness (QED) is 0.543. The van der Waals surface area contributed by atoms with Gasteiger partial charge in [0.25, 0.3) is 11.1 Å². The van der Waals surface area contributed by atoms with Crippen LogP contribution in [0.5, 0.6) is 0 Å². The number of hydrogen-bond acceptors (Lipinski definition) is 5. The normalized spacial score (nSPS) is 18.0. The van der Waals surface area contributed by atoms with Crippen molar-refractivity contribution >= 4 is 45.8 Å². The fourth-order valence-electron chi connectivity index (χ4n) is 4.13. The molecule has 0 unspecified atom stereocenters. The molecular weight excluding hydrogens is 438 g/mol. The summed E-state index contributed by atoms with van der Waals surface area (Å²) in [5.41, 5.74) is 3.09. The predicted molar refractivity (Wildman–Crippen MR) is 128 cm³/mol. The first-order chi connectivity index (χ1) is 16.1. The molecule has 2 aliphatic heterocycles. The minimum Gasteiger partial charge on any atom is -0.378 e. The van der Waals surface area contributed by atoms with Crippen LogP contribution >= 0.6 is 11.8 Å². The summed E-state index contributed by atoms with van der Waals surface area (Å²) < 4.78 is 7.41. The standard InChI is InChI=1S/C25H23N3O4S/c29-23(26-10-12-32-13-11-26)17-28-24(30)22(33-25(28)31)14-19-16-27(15-18-6-2-1-3-7-18)21-9-5-4-8-20(19)21/h1-9,14,16H,10-13,15,17H2/b22-14-. The Morgan fingerprint density at radius 1 is 1.00 bits per heavy atom. The lowest BCUT2D eigenvalue weighted by Crippen LogP contribution is -2.46. The van der Waals surface area contributed by atoms with Gasteiger partial charge < -0.3 is 14.2 Å². The van der Waals surface area contributed by atoms with Crippen molar-refractivity contribution in [2.75, 3.05) is 32.8 Å². The molecule has 0 aliphatic carbocycles. The maximum absolute atomic E-state index is 13.0. The van der Waals surface area contributed by atoms with Gasteiger partial charge in [0.1, 0.15) is 6.54 Å². The fraction of sp³-hybridized carbons (Fsp3) is 0.240. The highest BCUT2D eigenvalue weighted by Gasteiger charge is 2.37. The first-order valence-electron chi connectivity index (χ1n) is 10.8. The number of fused-ring (bicyclic) bond motifs is 1. The summed E-state index contributed by atoms with van der Waals surface area (Å²) in [5, 5.41) is 0.588. The molecule has 5 rings (SSSR count). The highest BCUT2D eigenvalue weighted by Crippen LogP contribution is 2.34. The number of imide groups is 1. The Bertz CT molecular complexity index is 1250. The third kappa shape index (κ3) is 4.44. The molecule has 0 atom stereocenters. The molecule has 0 bridgehead atoms. The minimum atomic E-state index is -0.425. The second-order valence-corrected chi connectivity index (χ2v) is 8.97. The number of thioether (sulfide) groups is 1. The van der Waals surface area contributed by atoms with Crippen LogP contribution in [0.4, 0.5) is 4.79 Å². The van der Waals surface area contributed by atoms with E-state index in [1.54, 1.807) is 11.0 Å². The van der Waals surface area contributed by atoms with Gasteiger partial charge in [-0.1, -0.05) is 48.5 Å². The molecule has 2 fully saturated rings. The summed E-state index contributed by atoms with van der Waals surface area (Å²) in [6, 6.07) is 18.2. The van der Waals surface area contributed by atoms with Crippen molar-refractivity contribution in [3.63, 3.8) is 0 Å². The van der Waals surface area contributed by atoms with E-state index in [1.807, 2.05) is 48.7 Å². The van der Waals surface area contributed by atoms with E-state index < -0.39 is 11.1 Å². The van der Waals surface area contributed by atoms with Gasteiger partial charge in [0, 0.05) is 42.3 Å². The van der Waals surface area contributed by atoms with Crippen LogP contribution < -0.4 is 0 Å². The van der Waals surface area contributed by atoms with Crippen molar-refractivity contribution in [2.24, 2.45) is 0 Å². The molecule has 7 nitrogen and oxygen atoms in total. The van der Waals surface area contributed by atoms with E-state index in [4.69, 9.17) is 4.74 Å². The van der Waals surface area contributed by atoms with Crippen LogP contribution in [0.25, 0.3) is 17.0 Å². The van der Waals surface area contributed by atoms with E-state index in [-0.39, 0.29) is 12.5 Å². The Balaban J connectivity index is 1.40. The lowest BCUT2D eigenvalue weighted by Gasteiger charge is -2.28. The highest BCUT2D eigenvalue weighted by molar-refractivity contribution is 8.18. The second kappa shape index (κ2) is 9.25. The van der Waals surface area contributed by atoms with Crippen LogP contribution in [0.15, 0.2) is 65.7 Å². The smallest absolute Gasteiger partial charge is 0.294 e. The summed E-state index contributed by atoms with van der Waals surface area (Å²) in [5.74, 6) is -0.659. The maximum Gasteiger partial charge on any atom is 0.294 e. The summed E-state index contributed by atoms with van der Waals surface area (Å²) in [6.07, 6.45) is 3.76. The van der Waals surface area contributed by atoms with E-state index in [2.05, 4.69) is 16.7 Å². The molecule has 0 N–H and O–H groups in total. The Morgan fingerprint density at radius 2 is 1.73 bits per heavy atom. The zero-order chi connectivity index (χ0) is 22.8. The summed E-state index contributed by atoms with van der Waals surface area (Å²) in [4.78, 5) is 41.1. The van der Waals surface area contributed by atoms with Crippen LogP contribution in [0, 0.1) is 0 Å². The maximum atomic E-state index is 13.0. The van der Waals surface area contributed by atoms with Gasteiger partial charge in [0.05, 0.1) is 18.1 Å². The summed E-state index contributed by atoms with van der Waals surface area (Å²) >= 11 is 0.881. The minimum absolute atomic E-state index is 0.235. The van der Waals surface area contributed by atoms with Gasteiger partial charge >= 0.3 is 0 Å². The molecule has 0 radical (unpaired) electrons. The van der Waals surface area contributed by atoms with E-state index >= 15 is 0 Å². The topological polar surface area (TPSA) is 71.9 Å². The van der Waals surface area contributed by atoms with Gasteiger partial charge in [-0.3, -0.25) is 19.3 Å². The Morgan fingerprint density at radius 3 is 2.52 bits per heavy atom. The number of para-hydroxylation sites is 1. The van der Waals surface area contributed by atoms with Gasteiger partial charge in [0.15, 0.2) is 0 Å². The average molecular weight is 462 g/mol. The van der Waals surface area contributed by atoms with Crippen molar-refractivity contribution in [2.45, 2.75) is 6.54 Å². The molecule has 2 aromatic carbocycles. The molecule has 3 amide bonds. The van der Waals surface area contributed by atoms with Crippen molar-refractivity contribution in [1.29, 1.82) is 0 Å². The number of nitrogens with zero attached hydrogens (tertiary/aromatic N) is 3. The van der Waals surface area contributed by atoms with Crippen LogP contribution in [0.3, 0.4) is 0 Å². The van der Waals surface area contributed by atoms with Gasteiger partial charge in [-0.2, -0.15) is 0 Å². The first kappa shape index (κ1) is 21.5. The number of ether oxygens (including phenoxy) is 1. The van der Waals surface area contributed by atoms with Crippen LogP contribution in [-0.2, 0) is 20.9 Å². The molecule has 168 valence electrons. The number of benzene rings is 2. The van der Waals surface area contributed by atoms with Crippen molar-refractivity contribution in [3.8, 4) is 0 Å². The van der Waals surface area contributed by atoms with E-state index in [9.17, 15) is 14.4 Å². The third-order valence-corrected chi connectivity index (χ3v) is 6.74. The second-order valence-electron chi connectivity index (χ2n) is 7.98. The Kier molecular flexibility index (Phi) is 6.02. The number of morpholine rings is 1. The van der Waals surface area contributed by atoms with Crippen LogP contribution in [0.1, 0.15) is 11.1 Å². The molecule has 0 saturated carbocycles. The Labute approximate surface area is 195 Å². The lowest BCUT2D eigenvalue weighted by molar-refractivity contribution is -0.139. The molecule has 8 heteroatoms. The van der Waals surface area contributed by atoms with Gasteiger partial charge in [-0.05, 0) is 29.5 Å². The highest BCUT2D eigenvalue weighted by atomic mass is 32.2. The molecular formula is C25H23N3O4S. The zero-order valence-electron chi connectivity index (χ0n) is 18.0. The van der Waals surface area contributed by atoms with Crippen molar-refractivity contribution < 1.29 is 19.1 Å². The van der Waals surface area contributed by atoms with Gasteiger partial charge in [0.2, 0.25) is 5.91 Å². The number of hydrogen-bond donors (Lipinski definition) is 0. The molecule has 33 heavy (non-hydrogen) atoms. The number of amides is 3. The zero-order valence-corrected chi connectivity index (χ0v) is 18.8. The van der Waals surface area contributed by atoms with E-state index in [1.165, 1.54) is 5.56 Å². The van der Waals surface area contributed by atoms with Crippen molar-refractivity contribution in [1.82, 2.24) is 14.4 Å². The number of rotatable bonds is 5. The first-order valence-corrected chi connectivity index (χ1v) is 11.6. The third-order valence-electron chi connectivity index (χ3n) is 5.83. The van der Waals surface area contributed by atoms with Crippen molar-refractivity contribution in [3.05, 3.63) is 76.8 Å². The van der Waals surface area contributed by atoms with Crippen LogP contribution in [0.2, 0.25) is 0 Å². The summed E-state index contributed by atoms with van der Waals surface area (Å²) in [6.45, 7) is 2.36. The van der Waals surface area contributed by atoms with Crippen LogP contribution in [-0.4, -0.2) is 64.3 Å². The average Bonchev–Trinajstić information content (AvgIpc) is 3.32. The predicted octanol–water partition coefficient (Wildman–Crippen LogP) is 3.58. The van der Waals surface area contributed by atoms with E-state index in [0.29, 0.717) is 37.8 Å². The SMILES string of the molecule is O=C(CN1C(=O)S/C(=C\c2cn(Cc3ccccc3)c3ccccc23)C1=O)N1CCOCC1. The number of carbonyl (C=O) groups excluding carboxylic acids is 3. The largest absolute Gasteiger partial charge is 0.378 e. The molecule has 0 spiro atoms. The molecule has 1 aromatic heterocycles.